The molecule has 3 N–H and O–H groups in total. The van der Waals surface area contributed by atoms with Crippen molar-refractivity contribution in [3.05, 3.63) is 59.7 Å². The number of amides is 2. The van der Waals surface area contributed by atoms with Crippen molar-refractivity contribution in [3.8, 4) is 11.1 Å². The van der Waals surface area contributed by atoms with Gasteiger partial charge >= 0.3 is 12.1 Å². The van der Waals surface area contributed by atoms with Crippen molar-refractivity contribution in [1.29, 1.82) is 0 Å². The van der Waals surface area contributed by atoms with Crippen molar-refractivity contribution in [2.75, 3.05) is 6.61 Å². The Labute approximate surface area is 205 Å². The number of alkyl carbamates (subject to hydrolysis) is 1. The van der Waals surface area contributed by atoms with Gasteiger partial charge in [-0.1, -0.05) is 48.5 Å². The van der Waals surface area contributed by atoms with E-state index in [1.165, 1.54) is 0 Å². The summed E-state index contributed by atoms with van der Waals surface area (Å²) in [6.07, 6.45) is 3.01. The van der Waals surface area contributed by atoms with Crippen LogP contribution in [0.5, 0.6) is 0 Å². The van der Waals surface area contributed by atoms with E-state index in [9.17, 15) is 19.5 Å². The number of aliphatic carboxylic acids is 1. The van der Waals surface area contributed by atoms with E-state index >= 15 is 0 Å². The molecule has 184 valence electrons. The van der Waals surface area contributed by atoms with E-state index in [0.717, 1.165) is 22.3 Å². The van der Waals surface area contributed by atoms with Crippen LogP contribution in [0.2, 0.25) is 0 Å². The molecule has 7 heteroatoms. The molecule has 6 rings (SSSR count). The van der Waals surface area contributed by atoms with Crippen molar-refractivity contribution in [2.24, 2.45) is 5.41 Å². The summed E-state index contributed by atoms with van der Waals surface area (Å²) in [5, 5.41) is 15.5. The molecule has 0 saturated heterocycles. The van der Waals surface area contributed by atoms with Crippen LogP contribution in [-0.2, 0) is 14.3 Å². The number of benzene rings is 2. The number of rotatable bonds is 6. The van der Waals surface area contributed by atoms with Gasteiger partial charge in [-0.3, -0.25) is 9.59 Å². The van der Waals surface area contributed by atoms with E-state index in [-0.39, 0.29) is 18.4 Å². The van der Waals surface area contributed by atoms with Crippen LogP contribution < -0.4 is 10.6 Å². The fourth-order valence-corrected chi connectivity index (χ4v) is 6.04. The lowest BCUT2D eigenvalue weighted by molar-refractivity contribution is -0.157. The average Bonchev–Trinajstić information content (AvgIpc) is 3.17. The van der Waals surface area contributed by atoms with Gasteiger partial charge in [-0.05, 0) is 74.6 Å². The molecule has 0 atom stereocenters. The van der Waals surface area contributed by atoms with Crippen LogP contribution in [0.25, 0.3) is 11.1 Å². The monoisotopic (exact) mass is 476 g/mol. The summed E-state index contributed by atoms with van der Waals surface area (Å²) >= 11 is 0. The highest BCUT2D eigenvalue weighted by molar-refractivity contribution is 5.90. The second-order valence-electron chi connectivity index (χ2n) is 10.9. The first-order valence-corrected chi connectivity index (χ1v) is 12.3. The van der Waals surface area contributed by atoms with Gasteiger partial charge in [-0.25, -0.2) is 4.79 Å². The molecular formula is C28H32N2O5. The van der Waals surface area contributed by atoms with Gasteiger partial charge in [0.15, 0.2) is 0 Å². The summed E-state index contributed by atoms with van der Waals surface area (Å²) in [5.41, 5.74) is 2.37. The molecule has 4 aliphatic rings. The number of hydrogen-bond acceptors (Lipinski definition) is 4. The third-order valence-corrected chi connectivity index (χ3v) is 8.40. The highest BCUT2D eigenvalue weighted by Gasteiger charge is 2.53. The van der Waals surface area contributed by atoms with Crippen LogP contribution in [0.4, 0.5) is 4.79 Å². The van der Waals surface area contributed by atoms with Crippen LogP contribution in [0, 0.1) is 5.41 Å². The minimum atomic E-state index is -1.17. The lowest BCUT2D eigenvalue weighted by Crippen LogP contribution is -2.64. The molecule has 3 saturated carbocycles. The normalized spacial score (nSPS) is 24.9. The maximum absolute atomic E-state index is 13.2. The van der Waals surface area contributed by atoms with E-state index in [2.05, 4.69) is 34.9 Å². The Morgan fingerprint density at radius 2 is 1.43 bits per heavy atom. The predicted octanol–water partition coefficient (Wildman–Crippen LogP) is 4.60. The van der Waals surface area contributed by atoms with Gasteiger partial charge in [-0.15, -0.1) is 0 Å². The Bertz CT molecular complexity index is 1120. The molecule has 0 heterocycles. The Hall–Kier alpha value is -3.35. The van der Waals surface area contributed by atoms with Crippen LogP contribution in [-0.4, -0.2) is 40.8 Å². The zero-order chi connectivity index (χ0) is 24.8. The van der Waals surface area contributed by atoms with Crippen LogP contribution in [0.3, 0.4) is 0 Å². The standard InChI is InChI=1S/C28H32N2O5/c1-26(2,23(31)29-28-14-11-27(12-15-28,13-16-28)24(32)33)30-25(34)35-17-22-20-9-5-3-7-18(20)19-8-4-6-10-21(19)22/h3-10,22H,11-17H2,1-2H3,(H,29,31)(H,30,34)(H,32,33). The van der Waals surface area contributed by atoms with E-state index < -0.39 is 28.6 Å². The molecule has 7 nitrogen and oxygen atoms in total. The Balaban J connectivity index is 1.20. The second kappa shape index (κ2) is 8.40. The van der Waals surface area contributed by atoms with E-state index in [1.807, 2.05) is 24.3 Å². The van der Waals surface area contributed by atoms with E-state index in [0.29, 0.717) is 38.5 Å². The predicted molar refractivity (Wildman–Crippen MR) is 131 cm³/mol. The van der Waals surface area contributed by atoms with E-state index in [4.69, 9.17) is 4.74 Å². The molecule has 0 aliphatic heterocycles. The molecule has 4 aliphatic carbocycles. The van der Waals surface area contributed by atoms with Crippen molar-refractivity contribution < 1.29 is 24.2 Å². The van der Waals surface area contributed by atoms with Crippen LogP contribution >= 0.6 is 0 Å². The van der Waals surface area contributed by atoms with Gasteiger partial charge in [0.2, 0.25) is 5.91 Å². The first kappa shape index (κ1) is 23.4. The Morgan fingerprint density at radius 3 is 1.94 bits per heavy atom. The summed E-state index contributed by atoms with van der Waals surface area (Å²) in [7, 11) is 0. The minimum Gasteiger partial charge on any atom is -0.481 e. The number of carboxylic acids is 1. The third-order valence-electron chi connectivity index (χ3n) is 8.40. The SMILES string of the molecule is CC(C)(NC(=O)OCC1c2ccccc2-c2ccccc21)C(=O)NC12CCC(C(=O)O)(CC1)CC2. The molecule has 0 spiro atoms. The van der Waals surface area contributed by atoms with Crippen LogP contribution in [0.1, 0.15) is 69.4 Å². The summed E-state index contributed by atoms with van der Waals surface area (Å²) in [4.78, 5) is 37.6. The van der Waals surface area contributed by atoms with Gasteiger partial charge in [0, 0.05) is 11.5 Å². The first-order valence-electron chi connectivity index (χ1n) is 12.3. The molecule has 0 aromatic heterocycles. The molecule has 2 amide bonds. The quantitative estimate of drug-likeness (QED) is 0.565. The number of hydrogen-bond donors (Lipinski definition) is 3. The number of carbonyl (C=O) groups is 3. The zero-order valence-corrected chi connectivity index (χ0v) is 20.2. The number of ether oxygens (including phenoxy) is 1. The largest absolute Gasteiger partial charge is 0.481 e. The van der Waals surface area contributed by atoms with Crippen molar-refractivity contribution in [1.82, 2.24) is 10.6 Å². The molecule has 0 radical (unpaired) electrons. The molecule has 0 unspecified atom stereocenters. The first-order chi connectivity index (χ1) is 16.6. The zero-order valence-electron chi connectivity index (χ0n) is 20.2. The number of carbonyl (C=O) groups excluding carboxylic acids is 2. The fourth-order valence-electron chi connectivity index (χ4n) is 6.04. The topological polar surface area (TPSA) is 105 Å². The van der Waals surface area contributed by atoms with Gasteiger partial charge < -0.3 is 20.5 Å². The van der Waals surface area contributed by atoms with Gasteiger partial charge in [0.25, 0.3) is 0 Å². The maximum atomic E-state index is 13.2. The second-order valence-corrected chi connectivity index (χ2v) is 10.9. The molecule has 2 bridgehead atoms. The number of fused-ring (bicyclic) bond motifs is 6. The Kier molecular flexibility index (Phi) is 5.61. The lowest BCUT2D eigenvalue weighted by Gasteiger charge is -2.52. The van der Waals surface area contributed by atoms with Gasteiger partial charge in [-0.2, -0.15) is 0 Å². The molecule has 3 fully saturated rings. The van der Waals surface area contributed by atoms with Crippen molar-refractivity contribution in [2.45, 2.75) is 69.4 Å². The molecule has 2 aromatic carbocycles. The minimum absolute atomic E-state index is 0.0528. The fraction of sp³-hybridized carbons (Fsp3) is 0.464. The summed E-state index contributed by atoms with van der Waals surface area (Å²) < 4.78 is 5.62. The summed E-state index contributed by atoms with van der Waals surface area (Å²) in [6.45, 7) is 3.50. The molecular weight excluding hydrogens is 444 g/mol. The third kappa shape index (κ3) is 4.07. The molecule has 35 heavy (non-hydrogen) atoms. The highest BCUT2D eigenvalue weighted by atomic mass is 16.5. The average molecular weight is 477 g/mol. The highest BCUT2D eigenvalue weighted by Crippen LogP contribution is 2.52. The lowest BCUT2D eigenvalue weighted by atomic mass is 9.57. The summed E-state index contributed by atoms with van der Waals surface area (Å²) in [6, 6.07) is 16.3. The van der Waals surface area contributed by atoms with Gasteiger partial charge in [0.05, 0.1) is 5.41 Å². The van der Waals surface area contributed by atoms with E-state index in [1.54, 1.807) is 13.8 Å². The smallest absolute Gasteiger partial charge is 0.408 e. The van der Waals surface area contributed by atoms with Crippen LogP contribution in [0.15, 0.2) is 48.5 Å². The van der Waals surface area contributed by atoms with Crippen molar-refractivity contribution >= 4 is 18.0 Å². The maximum Gasteiger partial charge on any atom is 0.408 e. The Morgan fingerprint density at radius 1 is 0.914 bits per heavy atom. The number of nitrogens with one attached hydrogen (secondary N) is 2. The number of carboxylic acid groups (broad SMARTS) is 1. The molecule has 2 aromatic rings. The summed E-state index contributed by atoms with van der Waals surface area (Å²) in [5.74, 6) is -1.06. The van der Waals surface area contributed by atoms with Gasteiger partial charge in [0.1, 0.15) is 12.1 Å². The van der Waals surface area contributed by atoms with Crippen molar-refractivity contribution in [3.63, 3.8) is 0 Å².